The van der Waals surface area contributed by atoms with E-state index in [4.69, 9.17) is 16.2 Å². The molecule has 21 heavy (non-hydrogen) atoms. The van der Waals surface area contributed by atoms with Crippen molar-refractivity contribution in [3.63, 3.8) is 0 Å². The predicted molar refractivity (Wildman–Crippen MR) is 86.1 cm³/mol. The summed E-state index contributed by atoms with van der Waals surface area (Å²) in [6.45, 7) is 6.00. The maximum atomic E-state index is 11.6. The highest BCUT2D eigenvalue weighted by atomic mass is 32.1. The Morgan fingerprint density at radius 2 is 1.95 bits per heavy atom. The molecule has 2 heterocycles. The van der Waals surface area contributed by atoms with E-state index in [2.05, 4.69) is 4.90 Å². The number of amides is 1. The monoisotopic (exact) mass is 309 g/mol. The van der Waals surface area contributed by atoms with Crippen LogP contribution in [-0.4, -0.2) is 25.1 Å². The number of nitrogens with two attached hydrogens (primary N) is 2. The molecule has 2 atom stereocenters. The van der Waals surface area contributed by atoms with Gasteiger partial charge in [-0.1, -0.05) is 6.42 Å². The Morgan fingerprint density at radius 3 is 2.48 bits per heavy atom. The van der Waals surface area contributed by atoms with Crippen molar-refractivity contribution >= 4 is 27.9 Å². The van der Waals surface area contributed by atoms with E-state index in [9.17, 15) is 4.79 Å². The van der Waals surface area contributed by atoms with Crippen LogP contribution in [0.25, 0.3) is 0 Å². The Bertz CT molecular complexity index is 543. The number of thiophene rings is 1. The van der Waals surface area contributed by atoms with Gasteiger partial charge in [0, 0.05) is 13.1 Å². The van der Waals surface area contributed by atoms with E-state index in [1.165, 1.54) is 30.6 Å². The van der Waals surface area contributed by atoms with Crippen LogP contribution in [0.1, 0.15) is 42.8 Å². The lowest BCUT2D eigenvalue weighted by atomic mass is 10.0. The number of primary amides is 1. The Morgan fingerprint density at radius 1 is 1.33 bits per heavy atom. The average Bonchev–Trinajstić information content (AvgIpc) is 3.03. The Balaban J connectivity index is 1.93. The molecule has 2 aliphatic rings. The van der Waals surface area contributed by atoms with Crippen LogP contribution in [0.2, 0.25) is 0 Å². The normalized spacial score (nSPS) is 24.6. The van der Waals surface area contributed by atoms with Gasteiger partial charge in [0.15, 0.2) is 5.75 Å². The lowest BCUT2D eigenvalue weighted by molar-refractivity contribution is 0.100. The van der Waals surface area contributed by atoms with Gasteiger partial charge < -0.3 is 21.1 Å². The summed E-state index contributed by atoms with van der Waals surface area (Å²) >= 11 is 1.37. The molecule has 2 unspecified atom stereocenters. The number of hydrogen-bond donors (Lipinski definition) is 2. The van der Waals surface area contributed by atoms with Crippen LogP contribution in [0.3, 0.4) is 0 Å². The maximum Gasteiger partial charge on any atom is 0.261 e. The molecule has 0 aromatic carbocycles. The molecule has 1 saturated carbocycles. The molecule has 1 aliphatic carbocycles. The first kappa shape index (κ1) is 14.5. The molecule has 0 radical (unpaired) electrons. The van der Waals surface area contributed by atoms with E-state index in [0.29, 0.717) is 16.3 Å². The van der Waals surface area contributed by atoms with Crippen LogP contribution >= 0.6 is 11.3 Å². The van der Waals surface area contributed by atoms with Crippen LogP contribution in [0.5, 0.6) is 5.75 Å². The minimum atomic E-state index is -0.475. The van der Waals surface area contributed by atoms with E-state index < -0.39 is 5.91 Å². The fourth-order valence-electron chi connectivity index (χ4n) is 3.56. The lowest BCUT2D eigenvalue weighted by Gasteiger charge is -2.20. The predicted octanol–water partition coefficient (Wildman–Crippen LogP) is 2.45. The van der Waals surface area contributed by atoms with Crippen LogP contribution < -0.4 is 21.1 Å². The Kier molecular flexibility index (Phi) is 3.73. The number of fused-ring (bicyclic) bond motifs is 1. The third kappa shape index (κ3) is 2.57. The van der Waals surface area contributed by atoms with Gasteiger partial charge in [0.2, 0.25) is 0 Å². The summed E-state index contributed by atoms with van der Waals surface area (Å²) in [5, 5.41) is 0.976. The zero-order valence-corrected chi connectivity index (χ0v) is 13.4. The third-order valence-corrected chi connectivity index (χ3v) is 5.74. The number of hydrogen-bond acceptors (Lipinski definition) is 5. The van der Waals surface area contributed by atoms with Crippen LogP contribution in [-0.2, 0) is 0 Å². The van der Waals surface area contributed by atoms with Crippen molar-refractivity contribution in [3.8, 4) is 5.75 Å². The number of anilines is 2. The van der Waals surface area contributed by atoms with Crippen molar-refractivity contribution in [2.75, 3.05) is 23.7 Å². The van der Waals surface area contributed by atoms with Crippen LogP contribution in [0.15, 0.2) is 0 Å². The summed E-state index contributed by atoms with van der Waals surface area (Å²) in [6.07, 6.45) is 3.98. The van der Waals surface area contributed by atoms with Crippen molar-refractivity contribution in [3.05, 3.63) is 4.88 Å². The maximum absolute atomic E-state index is 11.6. The Hall–Kier alpha value is -1.43. The van der Waals surface area contributed by atoms with E-state index >= 15 is 0 Å². The Labute approximate surface area is 129 Å². The number of ether oxygens (including phenoxy) is 1. The van der Waals surface area contributed by atoms with Gasteiger partial charge in [-0.2, -0.15) is 0 Å². The van der Waals surface area contributed by atoms with Crippen LogP contribution in [0.4, 0.5) is 10.7 Å². The van der Waals surface area contributed by atoms with E-state index in [1.807, 2.05) is 13.8 Å². The van der Waals surface area contributed by atoms with Crippen molar-refractivity contribution < 1.29 is 9.53 Å². The molecule has 116 valence electrons. The molecular weight excluding hydrogens is 286 g/mol. The molecule has 0 bridgehead atoms. The fourth-order valence-corrected chi connectivity index (χ4v) is 4.58. The van der Waals surface area contributed by atoms with E-state index in [1.54, 1.807) is 0 Å². The highest BCUT2D eigenvalue weighted by molar-refractivity contribution is 7.19. The molecule has 2 fully saturated rings. The lowest BCUT2D eigenvalue weighted by Crippen LogP contribution is -2.21. The molecule has 5 nitrogen and oxygen atoms in total. The minimum Gasteiger partial charge on any atom is -0.486 e. The standard InChI is InChI=1S/C15H23N3O2S/c1-8(2)20-12-11(16)13(14(17)19)21-15(12)18-6-9-4-3-5-10(9)7-18/h8-10H,3-7,16H2,1-2H3,(H2,17,19). The molecule has 1 aromatic heterocycles. The molecule has 6 heteroatoms. The first-order valence-electron chi connectivity index (χ1n) is 7.61. The van der Waals surface area contributed by atoms with Crippen molar-refractivity contribution in [1.82, 2.24) is 0 Å². The average molecular weight is 309 g/mol. The second kappa shape index (κ2) is 5.40. The van der Waals surface area contributed by atoms with Crippen molar-refractivity contribution in [1.29, 1.82) is 0 Å². The summed E-state index contributed by atoms with van der Waals surface area (Å²) in [4.78, 5) is 14.3. The summed E-state index contributed by atoms with van der Waals surface area (Å²) in [5.41, 5.74) is 11.9. The topological polar surface area (TPSA) is 81.6 Å². The molecule has 1 amide bonds. The second-order valence-corrected chi connectivity index (χ2v) is 7.37. The van der Waals surface area contributed by atoms with Gasteiger partial charge in [0.25, 0.3) is 5.91 Å². The summed E-state index contributed by atoms with van der Waals surface area (Å²) in [7, 11) is 0. The third-order valence-electron chi connectivity index (χ3n) is 4.47. The summed E-state index contributed by atoms with van der Waals surface area (Å²) in [6, 6.07) is 0. The molecule has 4 N–H and O–H groups in total. The SMILES string of the molecule is CC(C)Oc1c(N2CC3CCCC3C2)sc(C(N)=O)c1N. The number of nitrogen functional groups attached to an aromatic ring is 1. The minimum absolute atomic E-state index is 0.0171. The highest BCUT2D eigenvalue weighted by Gasteiger charge is 2.38. The number of carbonyl (C=O) groups is 1. The molecule has 1 aromatic rings. The van der Waals surface area contributed by atoms with Gasteiger partial charge in [0.1, 0.15) is 15.6 Å². The molecule has 1 saturated heterocycles. The van der Waals surface area contributed by atoms with Gasteiger partial charge in [-0.05, 0) is 38.5 Å². The highest BCUT2D eigenvalue weighted by Crippen LogP contribution is 2.49. The van der Waals surface area contributed by atoms with Gasteiger partial charge in [-0.15, -0.1) is 11.3 Å². The molecule has 1 aliphatic heterocycles. The van der Waals surface area contributed by atoms with Crippen molar-refractivity contribution in [2.24, 2.45) is 17.6 Å². The first-order valence-corrected chi connectivity index (χ1v) is 8.42. The van der Waals surface area contributed by atoms with Gasteiger partial charge in [-0.3, -0.25) is 4.79 Å². The number of rotatable bonds is 4. The van der Waals surface area contributed by atoms with Crippen LogP contribution in [0, 0.1) is 11.8 Å². The number of nitrogens with zero attached hydrogens (tertiary/aromatic N) is 1. The zero-order chi connectivity index (χ0) is 15.1. The molecule has 0 spiro atoms. The first-order chi connectivity index (χ1) is 9.97. The second-order valence-electron chi connectivity index (χ2n) is 6.37. The molecule has 3 rings (SSSR count). The summed E-state index contributed by atoms with van der Waals surface area (Å²) in [5.74, 6) is 1.72. The quantitative estimate of drug-likeness (QED) is 0.895. The summed E-state index contributed by atoms with van der Waals surface area (Å²) < 4.78 is 5.88. The molecular formula is C15H23N3O2S. The van der Waals surface area contributed by atoms with E-state index in [0.717, 1.165) is 29.9 Å². The largest absolute Gasteiger partial charge is 0.486 e. The van der Waals surface area contributed by atoms with Gasteiger partial charge in [-0.25, -0.2) is 0 Å². The van der Waals surface area contributed by atoms with Crippen molar-refractivity contribution in [2.45, 2.75) is 39.2 Å². The van der Waals surface area contributed by atoms with Gasteiger partial charge >= 0.3 is 0 Å². The van der Waals surface area contributed by atoms with Gasteiger partial charge in [0.05, 0.1) is 6.10 Å². The van der Waals surface area contributed by atoms with E-state index in [-0.39, 0.29) is 6.10 Å². The fraction of sp³-hybridized carbons (Fsp3) is 0.667. The zero-order valence-electron chi connectivity index (χ0n) is 12.6. The smallest absolute Gasteiger partial charge is 0.261 e. The number of carbonyl (C=O) groups excluding carboxylic acids is 1.